The first-order valence-corrected chi connectivity index (χ1v) is 8.85. The van der Waals surface area contributed by atoms with Gasteiger partial charge < -0.3 is 9.90 Å². The van der Waals surface area contributed by atoms with Crippen LogP contribution in [0.5, 0.6) is 0 Å². The quantitative estimate of drug-likeness (QED) is 0.337. The van der Waals surface area contributed by atoms with E-state index in [1.807, 2.05) is 0 Å². The van der Waals surface area contributed by atoms with Gasteiger partial charge in [0.1, 0.15) is 0 Å². The van der Waals surface area contributed by atoms with Crippen LogP contribution in [-0.4, -0.2) is 21.1 Å². The number of hydrogen-bond acceptors (Lipinski definition) is 7. The molecule has 2 aromatic rings. The Morgan fingerprint density at radius 1 is 1.26 bits per heavy atom. The van der Waals surface area contributed by atoms with E-state index in [1.54, 1.807) is 25.1 Å². The average Bonchev–Trinajstić information content (AvgIpc) is 2.90. The van der Waals surface area contributed by atoms with Crippen LogP contribution < -0.4 is 10.0 Å². The number of nitro benzene ring substituents is 1. The highest BCUT2D eigenvalue weighted by Crippen LogP contribution is 2.36. The van der Waals surface area contributed by atoms with Gasteiger partial charge in [-0.25, -0.2) is 0 Å². The predicted octanol–water partition coefficient (Wildman–Crippen LogP) is 2.67. The molecule has 0 radical (unpaired) electrons. The Kier molecular flexibility index (Phi) is 5.06. The van der Waals surface area contributed by atoms with Gasteiger partial charge in [-0.15, -0.1) is 0 Å². The Bertz CT molecular complexity index is 1030. The molecule has 9 heteroatoms. The summed E-state index contributed by atoms with van der Waals surface area (Å²) in [6.07, 6.45) is 1.52. The monoisotopic (exact) mass is 399 g/mol. The van der Waals surface area contributed by atoms with E-state index in [9.17, 15) is 24.8 Å². The number of hydrogen-bond donors (Lipinski definition) is 0. The van der Waals surface area contributed by atoms with Gasteiger partial charge in [0.25, 0.3) is 11.6 Å². The summed E-state index contributed by atoms with van der Waals surface area (Å²) in [5, 5.41) is 22.1. The van der Waals surface area contributed by atoms with E-state index in [0.29, 0.717) is 16.8 Å². The topological polar surface area (TPSA) is 104 Å². The normalized spacial score (nSPS) is 15.4. The molecule has 0 unspecified atom stereocenters. The molecule has 2 aromatic carbocycles. The lowest BCUT2D eigenvalue weighted by Gasteiger charge is -2.15. The molecule has 1 amide bonds. The minimum Gasteiger partial charge on any atom is -0.545 e. The van der Waals surface area contributed by atoms with Crippen molar-refractivity contribution >= 4 is 57.6 Å². The number of nitro groups is 1. The molecule has 0 bridgehead atoms. The largest absolute Gasteiger partial charge is 0.545 e. The Balaban J connectivity index is 1.96. The lowest BCUT2D eigenvalue weighted by Crippen LogP contribution is -2.28. The Hall–Kier alpha value is -3.04. The van der Waals surface area contributed by atoms with Crippen LogP contribution in [-0.2, 0) is 4.79 Å². The molecule has 0 N–H and O–H groups in total. The number of thiocarbonyl (C=S) groups is 1. The molecule has 1 aliphatic heterocycles. The highest BCUT2D eigenvalue weighted by molar-refractivity contribution is 8.27. The van der Waals surface area contributed by atoms with Crippen molar-refractivity contribution in [2.45, 2.75) is 6.92 Å². The number of nitrogens with zero attached hydrogens (tertiary/aromatic N) is 2. The fourth-order valence-electron chi connectivity index (χ4n) is 2.53. The number of aryl methyl sites for hydroxylation is 1. The molecule has 0 atom stereocenters. The van der Waals surface area contributed by atoms with Crippen molar-refractivity contribution in [3.05, 3.63) is 74.2 Å². The smallest absolute Gasteiger partial charge is 0.272 e. The summed E-state index contributed by atoms with van der Waals surface area (Å²) in [7, 11) is 0. The Morgan fingerprint density at radius 3 is 2.67 bits per heavy atom. The van der Waals surface area contributed by atoms with E-state index < -0.39 is 16.8 Å². The van der Waals surface area contributed by atoms with Crippen LogP contribution in [0, 0.1) is 17.0 Å². The van der Waals surface area contributed by atoms with Crippen molar-refractivity contribution < 1.29 is 19.6 Å². The second kappa shape index (κ2) is 7.29. The first-order valence-electron chi connectivity index (χ1n) is 7.62. The van der Waals surface area contributed by atoms with E-state index in [4.69, 9.17) is 12.2 Å². The van der Waals surface area contributed by atoms with Gasteiger partial charge in [-0.1, -0.05) is 48.2 Å². The Labute approximate surface area is 163 Å². The van der Waals surface area contributed by atoms with Gasteiger partial charge in [0.2, 0.25) is 0 Å². The summed E-state index contributed by atoms with van der Waals surface area (Å²) in [5.41, 5.74) is 1.22. The van der Waals surface area contributed by atoms with Gasteiger partial charge in [0.15, 0.2) is 4.32 Å². The molecular formula is C18H11N2O5S2-. The third-order valence-corrected chi connectivity index (χ3v) is 5.16. The third kappa shape index (κ3) is 3.74. The summed E-state index contributed by atoms with van der Waals surface area (Å²) < 4.78 is 0.239. The lowest BCUT2D eigenvalue weighted by molar-refractivity contribution is -0.385. The standard InChI is InChI=1S/C18H12N2O5S2/c1-10-5-6-11(7-14(10)20(24)25)8-15-16(21)19(18(26)27-15)13-4-2-3-12(9-13)17(22)23/h2-9H,1H3,(H,22,23)/p-1/b15-8+. The minimum absolute atomic E-state index is 0.0408. The van der Waals surface area contributed by atoms with E-state index in [2.05, 4.69) is 0 Å². The number of anilines is 1. The van der Waals surface area contributed by atoms with Crippen LogP contribution in [0.4, 0.5) is 11.4 Å². The van der Waals surface area contributed by atoms with Crippen molar-refractivity contribution in [1.29, 1.82) is 0 Å². The number of carboxylic acids is 1. The van der Waals surface area contributed by atoms with E-state index in [1.165, 1.54) is 35.2 Å². The van der Waals surface area contributed by atoms with Crippen LogP contribution in [0.2, 0.25) is 0 Å². The molecule has 1 aliphatic rings. The maximum absolute atomic E-state index is 12.7. The van der Waals surface area contributed by atoms with Gasteiger partial charge >= 0.3 is 0 Å². The fourth-order valence-corrected chi connectivity index (χ4v) is 3.83. The van der Waals surface area contributed by atoms with Gasteiger partial charge in [0, 0.05) is 11.6 Å². The zero-order chi connectivity index (χ0) is 19.7. The van der Waals surface area contributed by atoms with Crippen molar-refractivity contribution in [2.75, 3.05) is 4.90 Å². The average molecular weight is 399 g/mol. The van der Waals surface area contributed by atoms with E-state index in [0.717, 1.165) is 11.8 Å². The SMILES string of the molecule is Cc1ccc(/C=C2/SC(=S)N(c3cccc(C(=O)[O-])c3)C2=O)cc1[N+](=O)[O-]. The zero-order valence-corrected chi connectivity index (χ0v) is 15.5. The molecule has 0 saturated carbocycles. The zero-order valence-electron chi connectivity index (χ0n) is 13.9. The van der Waals surface area contributed by atoms with Crippen LogP contribution in [0.1, 0.15) is 21.5 Å². The van der Waals surface area contributed by atoms with Gasteiger partial charge in [-0.05, 0) is 36.3 Å². The molecule has 136 valence electrons. The first kappa shape index (κ1) is 18.7. The molecule has 7 nitrogen and oxygen atoms in total. The van der Waals surface area contributed by atoms with Crippen molar-refractivity contribution in [3.8, 4) is 0 Å². The molecule has 1 heterocycles. The summed E-state index contributed by atoms with van der Waals surface area (Å²) in [6, 6.07) is 10.4. The first-order chi connectivity index (χ1) is 12.8. The number of thioether (sulfide) groups is 1. The van der Waals surface area contributed by atoms with Crippen LogP contribution >= 0.6 is 24.0 Å². The molecule has 3 rings (SSSR count). The minimum atomic E-state index is -1.36. The summed E-state index contributed by atoms with van der Waals surface area (Å²) in [4.78, 5) is 35.9. The number of carbonyl (C=O) groups is 2. The summed E-state index contributed by atoms with van der Waals surface area (Å²) in [5.74, 6) is -1.78. The number of amides is 1. The maximum atomic E-state index is 12.7. The second-order valence-electron chi connectivity index (χ2n) is 5.66. The van der Waals surface area contributed by atoms with Crippen molar-refractivity contribution in [2.24, 2.45) is 0 Å². The van der Waals surface area contributed by atoms with Gasteiger partial charge in [-0.2, -0.15) is 0 Å². The molecule has 0 spiro atoms. The predicted molar refractivity (Wildman–Crippen MR) is 104 cm³/mol. The van der Waals surface area contributed by atoms with Crippen LogP contribution in [0.25, 0.3) is 6.08 Å². The fraction of sp³-hybridized carbons (Fsp3) is 0.0556. The number of benzene rings is 2. The lowest BCUT2D eigenvalue weighted by atomic mass is 10.1. The van der Waals surface area contributed by atoms with Crippen molar-refractivity contribution in [3.63, 3.8) is 0 Å². The number of rotatable bonds is 4. The van der Waals surface area contributed by atoms with Crippen molar-refractivity contribution in [1.82, 2.24) is 0 Å². The molecule has 0 aliphatic carbocycles. The maximum Gasteiger partial charge on any atom is 0.272 e. The molecule has 1 fully saturated rings. The third-order valence-electron chi connectivity index (χ3n) is 3.86. The number of carboxylic acid groups (broad SMARTS) is 1. The molecular weight excluding hydrogens is 388 g/mol. The van der Waals surface area contributed by atoms with Crippen LogP contribution in [0.15, 0.2) is 47.4 Å². The Morgan fingerprint density at radius 2 is 2.00 bits per heavy atom. The van der Waals surface area contributed by atoms with E-state index >= 15 is 0 Å². The molecule has 27 heavy (non-hydrogen) atoms. The van der Waals surface area contributed by atoms with Crippen LogP contribution in [0.3, 0.4) is 0 Å². The summed E-state index contributed by atoms with van der Waals surface area (Å²) >= 11 is 6.29. The van der Waals surface area contributed by atoms with Gasteiger partial charge in [-0.3, -0.25) is 19.8 Å². The molecule has 1 saturated heterocycles. The number of aromatic carboxylic acids is 1. The molecule has 0 aromatic heterocycles. The van der Waals surface area contributed by atoms with Gasteiger partial charge in [0.05, 0.1) is 21.5 Å². The van der Waals surface area contributed by atoms with E-state index in [-0.39, 0.29) is 20.5 Å². The highest BCUT2D eigenvalue weighted by Gasteiger charge is 2.33. The number of carbonyl (C=O) groups excluding carboxylic acids is 2. The second-order valence-corrected chi connectivity index (χ2v) is 7.33. The highest BCUT2D eigenvalue weighted by atomic mass is 32.2. The summed E-state index contributed by atoms with van der Waals surface area (Å²) in [6.45, 7) is 1.63.